The summed E-state index contributed by atoms with van der Waals surface area (Å²) >= 11 is 0. The zero-order valence-electron chi connectivity index (χ0n) is 12.3. The maximum atomic E-state index is 11.9. The molecule has 2 aromatic rings. The highest BCUT2D eigenvalue weighted by atomic mass is 16.2. The van der Waals surface area contributed by atoms with E-state index in [9.17, 15) is 9.59 Å². The molecule has 0 aliphatic rings. The molecule has 2 N–H and O–H groups in total. The van der Waals surface area contributed by atoms with Gasteiger partial charge in [-0.2, -0.15) is 0 Å². The number of carbonyl (C=O) groups is 2. The summed E-state index contributed by atoms with van der Waals surface area (Å²) in [5, 5.41) is 2.16. The topological polar surface area (TPSA) is 58.2 Å². The van der Waals surface area contributed by atoms with E-state index in [4.69, 9.17) is 0 Å². The fraction of sp³-hybridized carbons (Fsp3) is 0.294. The van der Waals surface area contributed by atoms with E-state index in [0.717, 1.165) is 16.3 Å². The number of carbonyl (C=O) groups excluding carboxylic acids is 2. The number of fused-ring (bicyclic) bond motifs is 1. The molecule has 0 aliphatic carbocycles. The number of hydrogen-bond acceptors (Lipinski definition) is 2. The van der Waals surface area contributed by atoms with Crippen LogP contribution >= 0.6 is 0 Å². The predicted molar refractivity (Wildman–Crippen MR) is 83.4 cm³/mol. The lowest BCUT2D eigenvalue weighted by atomic mass is 10.0. The lowest BCUT2D eigenvalue weighted by Crippen LogP contribution is -2.42. The van der Waals surface area contributed by atoms with Gasteiger partial charge in [-0.3, -0.25) is 20.4 Å². The largest absolute Gasteiger partial charge is 0.273 e. The van der Waals surface area contributed by atoms with Gasteiger partial charge in [-0.15, -0.1) is 0 Å². The standard InChI is InChI=1S/C17H20N2O2/c1-12(2)10-16(20)18-19-17(21)11-14-8-5-7-13-6-3-4-9-15(13)14/h3-9,12H,10-11H2,1-2H3,(H,18,20)(H,19,21). The second-order valence-electron chi connectivity index (χ2n) is 5.51. The highest BCUT2D eigenvalue weighted by Gasteiger charge is 2.09. The summed E-state index contributed by atoms with van der Waals surface area (Å²) in [6.45, 7) is 3.91. The van der Waals surface area contributed by atoms with Crippen LogP contribution in [0.1, 0.15) is 25.8 Å². The summed E-state index contributed by atoms with van der Waals surface area (Å²) in [4.78, 5) is 23.4. The van der Waals surface area contributed by atoms with Gasteiger partial charge >= 0.3 is 0 Å². The highest BCUT2D eigenvalue weighted by Crippen LogP contribution is 2.18. The molecule has 0 radical (unpaired) electrons. The average Bonchev–Trinajstić information content (AvgIpc) is 2.45. The number of hydrazine groups is 1. The molecule has 0 spiro atoms. The van der Waals surface area contributed by atoms with E-state index < -0.39 is 0 Å². The summed E-state index contributed by atoms with van der Waals surface area (Å²) in [6, 6.07) is 13.8. The molecule has 0 unspecified atom stereocenters. The molecular formula is C17H20N2O2. The third kappa shape index (κ3) is 4.31. The van der Waals surface area contributed by atoms with Crippen molar-refractivity contribution in [2.75, 3.05) is 0 Å². The number of nitrogens with one attached hydrogen (secondary N) is 2. The summed E-state index contributed by atoms with van der Waals surface area (Å²) in [7, 11) is 0. The van der Waals surface area contributed by atoms with E-state index in [1.54, 1.807) is 0 Å². The van der Waals surface area contributed by atoms with Crippen molar-refractivity contribution in [3.05, 3.63) is 48.0 Å². The van der Waals surface area contributed by atoms with Gasteiger partial charge in [0.2, 0.25) is 11.8 Å². The third-order valence-electron chi connectivity index (χ3n) is 3.17. The Kier molecular flexibility index (Phi) is 4.93. The zero-order valence-corrected chi connectivity index (χ0v) is 12.3. The van der Waals surface area contributed by atoms with Crippen molar-refractivity contribution in [1.29, 1.82) is 0 Å². The first kappa shape index (κ1) is 15.0. The second kappa shape index (κ2) is 6.88. The Morgan fingerprint density at radius 3 is 2.38 bits per heavy atom. The van der Waals surface area contributed by atoms with E-state index in [1.807, 2.05) is 56.3 Å². The highest BCUT2D eigenvalue weighted by molar-refractivity contribution is 5.90. The van der Waals surface area contributed by atoms with Crippen LogP contribution in [0.4, 0.5) is 0 Å². The molecule has 0 aliphatic heterocycles. The minimum atomic E-state index is -0.219. The van der Waals surface area contributed by atoms with Crippen molar-refractivity contribution >= 4 is 22.6 Å². The summed E-state index contributed by atoms with van der Waals surface area (Å²) in [5.41, 5.74) is 5.85. The van der Waals surface area contributed by atoms with Crippen LogP contribution in [0.3, 0.4) is 0 Å². The molecule has 0 saturated heterocycles. The molecule has 4 nitrogen and oxygen atoms in total. The van der Waals surface area contributed by atoms with Gasteiger partial charge in [-0.1, -0.05) is 56.3 Å². The van der Waals surface area contributed by atoms with Crippen molar-refractivity contribution in [2.24, 2.45) is 5.92 Å². The molecule has 0 bridgehead atoms. The normalized spacial score (nSPS) is 10.6. The first-order valence-corrected chi connectivity index (χ1v) is 7.10. The van der Waals surface area contributed by atoms with E-state index in [2.05, 4.69) is 10.9 Å². The van der Waals surface area contributed by atoms with Gasteiger partial charge in [0, 0.05) is 6.42 Å². The van der Waals surface area contributed by atoms with Crippen LogP contribution in [0.5, 0.6) is 0 Å². The van der Waals surface area contributed by atoms with Gasteiger partial charge < -0.3 is 0 Å². The quantitative estimate of drug-likeness (QED) is 0.848. The first-order chi connectivity index (χ1) is 10.1. The predicted octanol–water partition coefficient (Wildman–Crippen LogP) is 2.58. The van der Waals surface area contributed by atoms with Crippen LogP contribution in [-0.4, -0.2) is 11.8 Å². The van der Waals surface area contributed by atoms with Crippen LogP contribution in [0.2, 0.25) is 0 Å². The average molecular weight is 284 g/mol. The Morgan fingerprint density at radius 1 is 0.952 bits per heavy atom. The fourth-order valence-corrected chi connectivity index (χ4v) is 2.23. The van der Waals surface area contributed by atoms with Crippen molar-refractivity contribution in [1.82, 2.24) is 10.9 Å². The summed E-state index contributed by atoms with van der Waals surface area (Å²) in [5.74, 6) is -0.125. The third-order valence-corrected chi connectivity index (χ3v) is 3.17. The SMILES string of the molecule is CC(C)CC(=O)NNC(=O)Cc1cccc2ccccc12. The molecule has 2 aromatic carbocycles. The Hall–Kier alpha value is -2.36. The molecule has 0 atom stereocenters. The van der Waals surface area contributed by atoms with E-state index in [0.29, 0.717) is 6.42 Å². The number of rotatable bonds is 4. The number of amides is 2. The molecule has 0 fully saturated rings. The lowest BCUT2D eigenvalue weighted by molar-refractivity contribution is -0.129. The van der Waals surface area contributed by atoms with E-state index >= 15 is 0 Å². The lowest BCUT2D eigenvalue weighted by Gasteiger charge is -2.10. The van der Waals surface area contributed by atoms with E-state index in [-0.39, 0.29) is 24.2 Å². The molecular weight excluding hydrogens is 264 g/mol. The number of hydrogen-bond donors (Lipinski definition) is 2. The van der Waals surface area contributed by atoms with Crippen LogP contribution in [0.15, 0.2) is 42.5 Å². The fourth-order valence-electron chi connectivity index (χ4n) is 2.23. The smallest absolute Gasteiger partial charge is 0.242 e. The monoisotopic (exact) mass is 284 g/mol. The van der Waals surface area contributed by atoms with Crippen LogP contribution in [0.25, 0.3) is 10.8 Å². The molecule has 0 saturated carbocycles. The van der Waals surface area contributed by atoms with Crippen molar-refractivity contribution < 1.29 is 9.59 Å². The first-order valence-electron chi connectivity index (χ1n) is 7.10. The summed E-state index contributed by atoms with van der Waals surface area (Å²) in [6.07, 6.45) is 0.637. The molecule has 110 valence electrons. The molecule has 0 heterocycles. The molecule has 4 heteroatoms. The number of benzene rings is 2. The molecule has 2 rings (SSSR count). The van der Waals surface area contributed by atoms with Gasteiger partial charge in [0.1, 0.15) is 0 Å². The van der Waals surface area contributed by atoms with Crippen LogP contribution in [-0.2, 0) is 16.0 Å². The van der Waals surface area contributed by atoms with Crippen LogP contribution < -0.4 is 10.9 Å². The minimum absolute atomic E-state index is 0.170. The van der Waals surface area contributed by atoms with Crippen molar-refractivity contribution in [3.63, 3.8) is 0 Å². The second-order valence-corrected chi connectivity index (χ2v) is 5.51. The van der Waals surface area contributed by atoms with Gasteiger partial charge in [0.25, 0.3) is 0 Å². The van der Waals surface area contributed by atoms with Crippen molar-refractivity contribution in [3.8, 4) is 0 Å². The van der Waals surface area contributed by atoms with Gasteiger partial charge in [-0.05, 0) is 22.3 Å². The Bertz CT molecular complexity index is 645. The van der Waals surface area contributed by atoms with Gasteiger partial charge in [0.05, 0.1) is 6.42 Å². The van der Waals surface area contributed by atoms with Gasteiger partial charge in [0.15, 0.2) is 0 Å². The summed E-state index contributed by atoms with van der Waals surface area (Å²) < 4.78 is 0. The Labute approximate surface area is 124 Å². The van der Waals surface area contributed by atoms with Crippen molar-refractivity contribution in [2.45, 2.75) is 26.7 Å². The molecule has 0 aromatic heterocycles. The maximum absolute atomic E-state index is 11.9. The van der Waals surface area contributed by atoms with E-state index in [1.165, 1.54) is 0 Å². The minimum Gasteiger partial charge on any atom is -0.273 e. The molecule has 21 heavy (non-hydrogen) atoms. The zero-order chi connectivity index (χ0) is 15.2. The Balaban J connectivity index is 1.97. The van der Waals surface area contributed by atoms with Crippen LogP contribution in [0, 0.1) is 5.92 Å². The molecule has 2 amide bonds. The van der Waals surface area contributed by atoms with Gasteiger partial charge in [-0.25, -0.2) is 0 Å². The Morgan fingerprint density at radius 2 is 1.62 bits per heavy atom. The maximum Gasteiger partial charge on any atom is 0.242 e.